The molecule has 5 heteroatoms. The topological polar surface area (TPSA) is 47.0 Å². The van der Waals surface area contributed by atoms with Crippen molar-refractivity contribution in [1.82, 2.24) is 9.97 Å². The molecule has 2 aromatic heterocycles. The Morgan fingerprint density at radius 3 is 2.75 bits per heavy atom. The fraction of sp³-hybridized carbons (Fsp3) is 0.600. The molecular formula is C15H23N3OS. The van der Waals surface area contributed by atoms with Gasteiger partial charge < -0.3 is 10.1 Å². The predicted molar refractivity (Wildman–Crippen MR) is 85.9 cm³/mol. The lowest BCUT2D eigenvalue weighted by atomic mass is 10.1. The first-order chi connectivity index (χ1) is 9.63. The van der Waals surface area contributed by atoms with Crippen LogP contribution in [0.4, 0.5) is 5.95 Å². The second-order valence-electron chi connectivity index (χ2n) is 5.20. The molecule has 0 saturated carbocycles. The maximum atomic E-state index is 5.89. The summed E-state index contributed by atoms with van der Waals surface area (Å²) in [5.41, 5.74) is 0. The molecule has 20 heavy (non-hydrogen) atoms. The summed E-state index contributed by atoms with van der Waals surface area (Å²) >= 11 is 1.72. The first-order valence-corrected chi connectivity index (χ1v) is 8.12. The Bertz CT molecular complexity index is 565. The fourth-order valence-electron chi connectivity index (χ4n) is 1.86. The molecule has 2 rings (SSSR count). The zero-order valence-electron chi connectivity index (χ0n) is 12.7. The lowest BCUT2D eigenvalue weighted by Crippen LogP contribution is -2.06. The number of fused-ring (bicyclic) bond motifs is 1. The van der Waals surface area contributed by atoms with Crippen LogP contribution in [-0.2, 0) is 6.42 Å². The van der Waals surface area contributed by atoms with Gasteiger partial charge in [0.05, 0.1) is 12.0 Å². The van der Waals surface area contributed by atoms with Crippen LogP contribution in [-0.4, -0.2) is 23.1 Å². The smallest absolute Gasteiger partial charge is 0.227 e. The minimum Gasteiger partial charge on any atom is -0.477 e. The average Bonchev–Trinajstić information content (AvgIpc) is 2.82. The summed E-state index contributed by atoms with van der Waals surface area (Å²) in [4.78, 5) is 11.4. The van der Waals surface area contributed by atoms with Crippen molar-refractivity contribution >= 4 is 27.5 Å². The van der Waals surface area contributed by atoms with Crippen LogP contribution in [0, 0.1) is 5.92 Å². The highest BCUT2D eigenvalue weighted by atomic mass is 32.1. The SMILES string of the molecule is CCNc1nc(OCCC(C)C)c2cc(CC)sc2n1. The van der Waals surface area contributed by atoms with E-state index in [0.29, 0.717) is 24.4 Å². The van der Waals surface area contributed by atoms with E-state index in [9.17, 15) is 0 Å². The molecular weight excluding hydrogens is 270 g/mol. The van der Waals surface area contributed by atoms with Crippen molar-refractivity contribution in [2.75, 3.05) is 18.5 Å². The van der Waals surface area contributed by atoms with Gasteiger partial charge in [-0.25, -0.2) is 4.98 Å². The molecule has 0 aliphatic carbocycles. The number of aryl methyl sites for hydroxylation is 1. The Labute approximate surface area is 124 Å². The van der Waals surface area contributed by atoms with Gasteiger partial charge in [-0.1, -0.05) is 20.8 Å². The van der Waals surface area contributed by atoms with Crippen molar-refractivity contribution in [2.45, 2.75) is 40.5 Å². The predicted octanol–water partition coefficient (Wildman–Crippen LogP) is 4.11. The maximum Gasteiger partial charge on any atom is 0.227 e. The van der Waals surface area contributed by atoms with Crippen molar-refractivity contribution in [3.05, 3.63) is 10.9 Å². The summed E-state index contributed by atoms with van der Waals surface area (Å²) in [5.74, 6) is 2.00. The van der Waals surface area contributed by atoms with Gasteiger partial charge in [0.25, 0.3) is 0 Å². The van der Waals surface area contributed by atoms with Crippen LogP contribution in [0.5, 0.6) is 5.88 Å². The summed E-state index contributed by atoms with van der Waals surface area (Å²) in [7, 11) is 0. The molecule has 0 aliphatic heterocycles. The zero-order chi connectivity index (χ0) is 14.5. The number of aromatic nitrogens is 2. The number of ether oxygens (including phenoxy) is 1. The van der Waals surface area contributed by atoms with Crippen LogP contribution in [0.2, 0.25) is 0 Å². The van der Waals surface area contributed by atoms with Crippen LogP contribution < -0.4 is 10.1 Å². The van der Waals surface area contributed by atoms with Crippen molar-refractivity contribution < 1.29 is 4.74 Å². The summed E-state index contributed by atoms with van der Waals surface area (Å²) < 4.78 is 5.89. The Morgan fingerprint density at radius 2 is 2.10 bits per heavy atom. The highest BCUT2D eigenvalue weighted by Crippen LogP contribution is 2.31. The molecule has 0 bridgehead atoms. The molecule has 0 unspecified atom stereocenters. The van der Waals surface area contributed by atoms with E-state index in [2.05, 4.69) is 42.1 Å². The fourth-order valence-corrected chi connectivity index (χ4v) is 2.82. The summed E-state index contributed by atoms with van der Waals surface area (Å²) in [6.07, 6.45) is 2.05. The van der Waals surface area contributed by atoms with E-state index in [1.54, 1.807) is 11.3 Å². The molecule has 0 fully saturated rings. The van der Waals surface area contributed by atoms with Gasteiger partial charge in [-0.3, -0.25) is 0 Å². The van der Waals surface area contributed by atoms with Crippen LogP contribution in [0.15, 0.2) is 6.07 Å². The van der Waals surface area contributed by atoms with Crippen molar-refractivity contribution in [3.63, 3.8) is 0 Å². The average molecular weight is 293 g/mol. The molecule has 0 amide bonds. The number of hydrogen-bond acceptors (Lipinski definition) is 5. The molecule has 0 saturated heterocycles. The number of nitrogens with zero attached hydrogens (tertiary/aromatic N) is 2. The summed E-state index contributed by atoms with van der Waals surface area (Å²) in [5, 5.41) is 4.21. The molecule has 4 nitrogen and oxygen atoms in total. The third kappa shape index (κ3) is 3.60. The van der Waals surface area contributed by atoms with Crippen LogP contribution in [0.3, 0.4) is 0 Å². The summed E-state index contributed by atoms with van der Waals surface area (Å²) in [6, 6.07) is 2.15. The van der Waals surface area contributed by atoms with E-state index in [-0.39, 0.29) is 0 Å². The highest BCUT2D eigenvalue weighted by Gasteiger charge is 2.12. The quantitative estimate of drug-likeness (QED) is 0.834. The number of hydrogen-bond donors (Lipinski definition) is 1. The first kappa shape index (κ1) is 15.0. The Kier molecular flexibility index (Phi) is 5.17. The van der Waals surface area contributed by atoms with Gasteiger partial charge in [0.1, 0.15) is 4.83 Å². The Hall–Kier alpha value is -1.36. The second-order valence-corrected chi connectivity index (χ2v) is 6.31. The number of nitrogens with one attached hydrogen (secondary N) is 1. The number of anilines is 1. The minimum atomic E-state index is 0.634. The zero-order valence-corrected chi connectivity index (χ0v) is 13.5. The van der Waals surface area contributed by atoms with Gasteiger partial charge in [0.2, 0.25) is 11.8 Å². The molecule has 0 aliphatic rings. The first-order valence-electron chi connectivity index (χ1n) is 7.31. The number of rotatable bonds is 7. The van der Waals surface area contributed by atoms with E-state index in [1.165, 1.54) is 4.88 Å². The molecule has 0 aromatic carbocycles. The van der Waals surface area contributed by atoms with Crippen LogP contribution in [0.1, 0.15) is 39.0 Å². The van der Waals surface area contributed by atoms with Crippen molar-refractivity contribution in [2.24, 2.45) is 5.92 Å². The van der Waals surface area contributed by atoms with E-state index >= 15 is 0 Å². The third-order valence-corrected chi connectivity index (χ3v) is 4.20. The van der Waals surface area contributed by atoms with Gasteiger partial charge >= 0.3 is 0 Å². The van der Waals surface area contributed by atoms with E-state index < -0.39 is 0 Å². The van der Waals surface area contributed by atoms with Gasteiger partial charge in [-0.15, -0.1) is 11.3 Å². The Balaban J connectivity index is 2.30. The van der Waals surface area contributed by atoms with E-state index in [0.717, 1.165) is 29.6 Å². The minimum absolute atomic E-state index is 0.634. The molecule has 110 valence electrons. The molecule has 1 N–H and O–H groups in total. The lowest BCUT2D eigenvalue weighted by molar-refractivity contribution is 0.283. The monoisotopic (exact) mass is 293 g/mol. The van der Waals surface area contributed by atoms with Gasteiger partial charge in [0, 0.05) is 11.4 Å². The molecule has 0 spiro atoms. The second kappa shape index (κ2) is 6.88. The van der Waals surface area contributed by atoms with Gasteiger partial charge in [-0.2, -0.15) is 4.98 Å². The van der Waals surface area contributed by atoms with Crippen molar-refractivity contribution in [3.8, 4) is 5.88 Å². The van der Waals surface area contributed by atoms with Gasteiger partial charge in [-0.05, 0) is 31.7 Å². The third-order valence-electron chi connectivity index (χ3n) is 3.03. The van der Waals surface area contributed by atoms with E-state index in [1.807, 2.05) is 6.92 Å². The molecule has 2 aromatic rings. The normalized spacial score (nSPS) is 11.2. The number of thiophene rings is 1. The molecule has 2 heterocycles. The maximum absolute atomic E-state index is 5.89. The van der Waals surface area contributed by atoms with E-state index in [4.69, 9.17) is 4.74 Å². The highest BCUT2D eigenvalue weighted by molar-refractivity contribution is 7.18. The Morgan fingerprint density at radius 1 is 1.30 bits per heavy atom. The van der Waals surface area contributed by atoms with Crippen LogP contribution in [0.25, 0.3) is 10.2 Å². The standard InChI is InChI=1S/C15H23N3OS/c1-5-11-9-12-13(19-8-7-10(3)4)17-15(16-6-2)18-14(12)20-11/h9-10H,5-8H2,1-4H3,(H,16,17,18). The molecule has 0 atom stereocenters. The van der Waals surface area contributed by atoms with Crippen molar-refractivity contribution in [1.29, 1.82) is 0 Å². The largest absolute Gasteiger partial charge is 0.477 e. The summed E-state index contributed by atoms with van der Waals surface area (Å²) in [6.45, 7) is 10.1. The molecule has 0 radical (unpaired) electrons. The van der Waals surface area contributed by atoms with Crippen LogP contribution >= 0.6 is 11.3 Å². The van der Waals surface area contributed by atoms with Gasteiger partial charge in [0.15, 0.2) is 0 Å². The lowest BCUT2D eigenvalue weighted by Gasteiger charge is -2.09.